The Bertz CT molecular complexity index is 604. The van der Waals surface area contributed by atoms with Gasteiger partial charge in [-0.2, -0.15) is 0 Å². The SMILES string of the molecule is CCCOc1cccc(NCc2ccncn2)c1[N+](=O)[O-]. The van der Waals surface area contributed by atoms with Crippen LogP contribution in [0.1, 0.15) is 19.0 Å². The molecule has 1 aromatic heterocycles. The fourth-order valence-corrected chi connectivity index (χ4v) is 1.79. The Morgan fingerprint density at radius 3 is 2.90 bits per heavy atom. The molecule has 0 saturated carbocycles. The number of nitro groups is 1. The van der Waals surface area contributed by atoms with E-state index in [0.717, 1.165) is 12.1 Å². The van der Waals surface area contributed by atoms with Crippen LogP contribution < -0.4 is 10.1 Å². The first-order chi connectivity index (χ1) is 10.2. The first-order valence-electron chi connectivity index (χ1n) is 6.61. The number of rotatable bonds is 7. The van der Waals surface area contributed by atoms with Crippen molar-refractivity contribution in [1.82, 2.24) is 9.97 Å². The van der Waals surface area contributed by atoms with Crippen molar-refractivity contribution < 1.29 is 9.66 Å². The molecule has 0 aliphatic heterocycles. The fraction of sp³-hybridized carbons (Fsp3) is 0.286. The summed E-state index contributed by atoms with van der Waals surface area (Å²) in [6, 6.07) is 6.72. The zero-order valence-electron chi connectivity index (χ0n) is 11.7. The lowest BCUT2D eigenvalue weighted by Crippen LogP contribution is -2.06. The summed E-state index contributed by atoms with van der Waals surface area (Å²) in [6.45, 7) is 2.76. The molecule has 0 amide bonds. The van der Waals surface area contributed by atoms with Gasteiger partial charge in [0, 0.05) is 6.20 Å². The maximum atomic E-state index is 11.3. The predicted molar refractivity (Wildman–Crippen MR) is 78.2 cm³/mol. The number of anilines is 1. The average molecular weight is 288 g/mol. The molecular formula is C14H16N4O3. The molecule has 7 heteroatoms. The lowest BCUT2D eigenvalue weighted by Gasteiger charge is -2.10. The average Bonchev–Trinajstić information content (AvgIpc) is 2.51. The van der Waals surface area contributed by atoms with Gasteiger partial charge in [-0.15, -0.1) is 0 Å². The van der Waals surface area contributed by atoms with Gasteiger partial charge in [0.1, 0.15) is 12.0 Å². The molecule has 0 saturated heterocycles. The van der Waals surface area contributed by atoms with Crippen molar-refractivity contribution in [3.63, 3.8) is 0 Å². The summed E-state index contributed by atoms with van der Waals surface area (Å²) in [4.78, 5) is 18.7. The largest absolute Gasteiger partial charge is 0.487 e. The standard InChI is InChI=1S/C14H16N4O3/c1-2-8-21-13-5-3-4-12(14(13)18(19)20)16-9-11-6-7-15-10-17-11/h3-7,10,16H,2,8-9H2,1H3. The number of hydrogen-bond acceptors (Lipinski definition) is 6. The summed E-state index contributed by atoms with van der Waals surface area (Å²) >= 11 is 0. The van der Waals surface area contributed by atoms with Crippen LogP contribution in [0.25, 0.3) is 0 Å². The highest BCUT2D eigenvalue weighted by molar-refractivity contribution is 5.68. The highest BCUT2D eigenvalue weighted by atomic mass is 16.6. The summed E-state index contributed by atoms with van der Waals surface area (Å²) in [5, 5.41) is 14.3. The molecule has 1 N–H and O–H groups in total. The second-order valence-corrected chi connectivity index (χ2v) is 4.31. The summed E-state index contributed by atoms with van der Waals surface area (Å²) in [7, 11) is 0. The maximum absolute atomic E-state index is 11.3. The molecule has 0 atom stereocenters. The number of para-hydroxylation sites is 1. The van der Waals surface area contributed by atoms with Crippen LogP contribution in [0.3, 0.4) is 0 Å². The molecule has 1 aromatic carbocycles. The highest BCUT2D eigenvalue weighted by Crippen LogP contribution is 2.35. The molecule has 0 aliphatic rings. The Labute approximate surface area is 122 Å². The zero-order valence-corrected chi connectivity index (χ0v) is 11.7. The van der Waals surface area contributed by atoms with E-state index < -0.39 is 4.92 Å². The minimum atomic E-state index is -0.437. The summed E-state index contributed by atoms with van der Waals surface area (Å²) in [5.74, 6) is 0.273. The van der Waals surface area contributed by atoms with Gasteiger partial charge in [0.2, 0.25) is 0 Å². The monoisotopic (exact) mass is 288 g/mol. The number of ether oxygens (including phenoxy) is 1. The third-order valence-corrected chi connectivity index (χ3v) is 2.75. The van der Waals surface area contributed by atoms with E-state index in [1.807, 2.05) is 6.92 Å². The molecule has 2 aromatic rings. The molecule has 0 spiro atoms. The van der Waals surface area contributed by atoms with Crippen molar-refractivity contribution in [1.29, 1.82) is 0 Å². The van der Waals surface area contributed by atoms with Crippen molar-refractivity contribution in [2.24, 2.45) is 0 Å². The van der Waals surface area contributed by atoms with E-state index in [1.54, 1.807) is 30.5 Å². The van der Waals surface area contributed by atoms with E-state index in [2.05, 4.69) is 15.3 Å². The molecule has 0 fully saturated rings. The Balaban J connectivity index is 2.20. The van der Waals surface area contributed by atoms with Gasteiger partial charge in [-0.3, -0.25) is 10.1 Å². The summed E-state index contributed by atoms with van der Waals surface area (Å²) in [5.41, 5.74) is 1.10. The lowest BCUT2D eigenvalue weighted by atomic mass is 10.2. The highest BCUT2D eigenvalue weighted by Gasteiger charge is 2.20. The van der Waals surface area contributed by atoms with Crippen LogP contribution in [0.4, 0.5) is 11.4 Å². The van der Waals surface area contributed by atoms with E-state index in [-0.39, 0.29) is 11.4 Å². The quantitative estimate of drug-likeness (QED) is 0.622. The fourth-order valence-electron chi connectivity index (χ4n) is 1.79. The van der Waals surface area contributed by atoms with Crippen molar-refractivity contribution in [2.75, 3.05) is 11.9 Å². The topological polar surface area (TPSA) is 90.2 Å². The number of aromatic nitrogens is 2. The van der Waals surface area contributed by atoms with Crippen LogP contribution in [-0.4, -0.2) is 21.5 Å². The predicted octanol–water partition coefficient (Wildman–Crippen LogP) is 2.79. The van der Waals surface area contributed by atoms with Crippen LogP contribution in [0.2, 0.25) is 0 Å². The van der Waals surface area contributed by atoms with Gasteiger partial charge >= 0.3 is 5.69 Å². The van der Waals surface area contributed by atoms with E-state index in [9.17, 15) is 10.1 Å². The zero-order chi connectivity index (χ0) is 15.1. The number of nitro benzene ring substituents is 1. The Morgan fingerprint density at radius 2 is 2.24 bits per heavy atom. The molecule has 7 nitrogen and oxygen atoms in total. The minimum absolute atomic E-state index is 0.0555. The molecule has 2 rings (SSSR count). The van der Waals surface area contributed by atoms with E-state index >= 15 is 0 Å². The van der Waals surface area contributed by atoms with Crippen LogP contribution in [-0.2, 0) is 6.54 Å². The molecule has 0 radical (unpaired) electrons. The van der Waals surface area contributed by atoms with Crippen molar-refractivity contribution >= 4 is 11.4 Å². The first kappa shape index (κ1) is 14.7. The van der Waals surface area contributed by atoms with E-state index in [0.29, 0.717) is 18.8 Å². The van der Waals surface area contributed by atoms with Gasteiger partial charge in [-0.1, -0.05) is 13.0 Å². The van der Waals surface area contributed by atoms with Gasteiger partial charge in [-0.25, -0.2) is 9.97 Å². The molecule has 21 heavy (non-hydrogen) atoms. The molecule has 0 unspecified atom stereocenters. The third-order valence-electron chi connectivity index (χ3n) is 2.75. The van der Waals surface area contributed by atoms with E-state index in [1.165, 1.54) is 6.33 Å². The Morgan fingerprint density at radius 1 is 1.38 bits per heavy atom. The Hall–Kier alpha value is -2.70. The van der Waals surface area contributed by atoms with Crippen LogP contribution in [0.15, 0.2) is 36.8 Å². The normalized spacial score (nSPS) is 10.1. The van der Waals surface area contributed by atoms with Gasteiger partial charge in [0.25, 0.3) is 0 Å². The molecule has 0 bridgehead atoms. The van der Waals surface area contributed by atoms with Crippen LogP contribution in [0, 0.1) is 10.1 Å². The smallest absolute Gasteiger partial charge is 0.333 e. The van der Waals surface area contributed by atoms with Gasteiger partial charge < -0.3 is 10.1 Å². The number of hydrogen-bond donors (Lipinski definition) is 1. The van der Waals surface area contributed by atoms with E-state index in [4.69, 9.17) is 4.74 Å². The van der Waals surface area contributed by atoms with Gasteiger partial charge in [0.15, 0.2) is 5.75 Å². The van der Waals surface area contributed by atoms with Gasteiger partial charge in [-0.05, 0) is 24.6 Å². The lowest BCUT2D eigenvalue weighted by molar-refractivity contribution is -0.385. The van der Waals surface area contributed by atoms with Crippen LogP contribution in [0.5, 0.6) is 5.75 Å². The minimum Gasteiger partial charge on any atom is -0.487 e. The molecule has 0 aliphatic carbocycles. The summed E-state index contributed by atoms with van der Waals surface area (Å²) < 4.78 is 5.43. The second-order valence-electron chi connectivity index (χ2n) is 4.31. The molecular weight excluding hydrogens is 272 g/mol. The van der Waals surface area contributed by atoms with Crippen LogP contribution >= 0.6 is 0 Å². The maximum Gasteiger partial charge on any atom is 0.333 e. The molecule has 1 heterocycles. The third kappa shape index (κ3) is 3.88. The number of nitrogens with zero attached hydrogens (tertiary/aromatic N) is 3. The number of benzene rings is 1. The second kappa shape index (κ2) is 7.18. The van der Waals surface area contributed by atoms with Crippen molar-refractivity contribution in [3.05, 3.63) is 52.6 Å². The van der Waals surface area contributed by atoms with Gasteiger partial charge in [0.05, 0.1) is 23.8 Å². The number of nitrogens with one attached hydrogen (secondary N) is 1. The first-order valence-corrected chi connectivity index (χ1v) is 6.61. The van der Waals surface area contributed by atoms with Crippen molar-refractivity contribution in [2.45, 2.75) is 19.9 Å². The van der Waals surface area contributed by atoms with Crippen molar-refractivity contribution in [3.8, 4) is 5.75 Å². The molecule has 110 valence electrons. The summed E-state index contributed by atoms with van der Waals surface area (Å²) in [6.07, 6.45) is 3.85. The Kier molecular flexibility index (Phi) is 5.03.